The van der Waals surface area contributed by atoms with Gasteiger partial charge in [0.15, 0.2) is 0 Å². The molecule has 154 valence electrons. The molecule has 0 radical (unpaired) electrons. The number of aliphatic carboxylic acids is 2. The molecule has 0 rings (SSSR count). The summed E-state index contributed by atoms with van der Waals surface area (Å²) in [5.74, 6) is -2.15. The molecule has 0 bridgehead atoms. The lowest BCUT2D eigenvalue weighted by Crippen LogP contribution is -2.00. The fourth-order valence-corrected chi connectivity index (χ4v) is 2.66. The van der Waals surface area contributed by atoms with E-state index in [1.165, 1.54) is 89.9 Å². The number of rotatable bonds is 17. The van der Waals surface area contributed by atoms with E-state index >= 15 is 0 Å². The van der Waals surface area contributed by atoms with Gasteiger partial charge in [-0.2, -0.15) is 0 Å². The molecule has 0 heterocycles. The third-order valence-electron chi connectivity index (χ3n) is 4.26. The molecule has 4 heteroatoms. The molecule has 0 amide bonds. The molecule has 0 aromatic rings. The first-order valence-corrected chi connectivity index (χ1v) is 10.6. The van der Waals surface area contributed by atoms with Gasteiger partial charge in [0.2, 0.25) is 0 Å². The first-order chi connectivity index (χ1) is 12.5. The lowest BCUT2D eigenvalue weighted by molar-refractivity contribution is -0.143. The SMILES string of the molecule is CC=CCCCCCCCCCCCCCCC.O=C(O)CCC(=O)O. The van der Waals surface area contributed by atoms with E-state index in [-0.39, 0.29) is 12.8 Å². The molecule has 2 N–H and O–H groups in total. The minimum absolute atomic E-state index is 0.296. The van der Waals surface area contributed by atoms with Crippen LogP contribution in [0.5, 0.6) is 0 Å². The number of carbonyl (C=O) groups is 2. The van der Waals surface area contributed by atoms with Crippen molar-refractivity contribution in [1.29, 1.82) is 0 Å². The molecule has 4 nitrogen and oxygen atoms in total. The van der Waals surface area contributed by atoms with E-state index in [9.17, 15) is 9.59 Å². The molecule has 0 aliphatic rings. The van der Waals surface area contributed by atoms with Crippen LogP contribution in [0.3, 0.4) is 0 Å². The van der Waals surface area contributed by atoms with E-state index in [4.69, 9.17) is 10.2 Å². The second-order valence-corrected chi connectivity index (χ2v) is 6.89. The van der Waals surface area contributed by atoms with Crippen LogP contribution < -0.4 is 0 Å². The minimum Gasteiger partial charge on any atom is -0.481 e. The Morgan fingerprint density at radius 1 is 0.654 bits per heavy atom. The average Bonchev–Trinajstić information content (AvgIpc) is 2.61. The number of carboxylic acid groups (broad SMARTS) is 2. The molecule has 26 heavy (non-hydrogen) atoms. The monoisotopic (exact) mass is 370 g/mol. The van der Waals surface area contributed by atoms with Gasteiger partial charge in [0.25, 0.3) is 0 Å². The topological polar surface area (TPSA) is 74.6 Å². The number of hydrogen-bond acceptors (Lipinski definition) is 2. The third-order valence-corrected chi connectivity index (χ3v) is 4.26. The number of allylic oxidation sites excluding steroid dienone is 2. The third kappa shape index (κ3) is 30.5. The number of unbranched alkanes of at least 4 members (excludes halogenated alkanes) is 13. The van der Waals surface area contributed by atoms with Crippen LogP contribution in [0.25, 0.3) is 0 Å². The Hall–Kier alpha value is -1.32. The molecule has 0 saturated carbocycles. The zero-order chi connectivity index (χ0) is 19.9. The van der Waals surface area contributed by atoms with Gasteiger partial charge < -0.3 is 10.2 Å². The number of hydrogen-bond donors (Lipinski definition) is 2. The van der Waals surface area contributed by atoms with Crippen LogP contribution >= 0.6 is 0 Å². The van der Waals surface area contributed by atoms with Crippen LogP contribution in [0.2, 0.25) is 0 Å². The predicted molar refractivity (Wildman–Crippen MR) is 110 cm³/mol. The maximum Gasteiger partial charge on any atom is 0.303 e. The van der Waals surface area contributed by atoms with E-state index in [0.29, 0.717) is 0 Å². The highest BCUT2D eigenvalue weighted by molar-refractivity contribution is 5.75. The maximum atomic E-state index is 9.64. The van der Waals surface area contributed by atoms with Crippen molar-refractivity contribution in [1.82, 2.24) is 0 Å². The van der Waals surface area contributed by atoms with Crippen LogP contribution in [0, 0.1) is 0 Å². The van der Waals surface area contributed by atoms with E-state index in [0.717, 1.165) is 0 Å². The summed E-state index contributed by atoms with van der Waals surface area (Å²) in [7, 11) is 0. The lowest BCUT2D eigenvalue weighted by Gasteiger charge is -2.02. The summed E-state index contributed by atoms with van der Waals surface area (Å²) in [6, 6.07) is 0. The Bertz CT molecular complexity index is 323. The molecule has 0 atom stereocenters. The van der Waals surface area contributed by atoms with Crippen LogP contribution in [0.1, 0.15) is 117 Å². The molecule has 0 fully saturated rings. The van der Waals surface area contributed by atoms with Crippen molar-refractivity contribution in [2.45, 2.75) is 117 Å². The second-order valence-electron chi connectivity index (χ2n) is 6.89. The second kappa shape index (κ2) is 23.7. The summed E-state index contributed by atoms with van der Waals surface area (Å²) in [6.45, 7) is 4.40. The van der Waals surface area contributed by atoms with Crippen molar-refractivity contribution in [3.05, 3.63) is 12.2 Å². The largest absolute Gasteiger partial charge is 0.481 e. The Balaban J connectivity index is 0. The smallest absolute Gasteiger partial charge is 0.303 e. The molecule has 0 saturated heterocycles. The molecule has 0 unspecified atom stereocenters. The van der Waals surface area contributed by atoms with Gasteiger partial charge in [0.1, 0.15) is 0 Å². The fourth-order valence-electron chi connectivity index (χ4n) is 2.66. The standard InChI is InChI=1S/C18H36.C4H6O4/c1-3-5-7-9-11-13-15-17-18-16-14-12-10-8-6-4-2;5-3(6)1-2-4(7)8/h3,5H,4,6-18H2,1-2H3;1-2H2,(H,5,6)(H,7,8). The molecular weight excluding hydrogens is 328 g/mol. The summed E-state index contributed by atoms with van der Waals surface area (Å²) in [4.78, 5) is 19.3. The quantitative estimate of drug-likeness (QED) is 0.214. The van der Waals surface area contributed by atoms with Crippen LogP contribution in [0.4, 0.5) is 0 Å². The zero-order valence-corrected chi connectivity index (χ0v) is 17.2. The van der Waals surface area contributed by atoms with Gasteiger partial charge in [0, 0.05) is 0 Å². The first-order valence-electron chi connectivity index (χ1n) is 10.6. The van der Waals surface area contributed by atoms with Crippen LogP contribution in [-0.4, -0.2) is 22.2 Å². The van der Waals surface area contributed by atoms with E-state index < -0.39 is 11.9 Å². The lowest BCUT2D eigenvalue weighted by atomic mass is 10.0. The Labute approximate surface area is 161 Å². The average molecular weight is 371 g/mol. The predicted octanol–water partition coefficient (Wildman–Crippen LogP) is 6.98. The van der Waals surface area contributed by atoms with Crippen molar-refractivity contribution in [2.24, 2.45) is 0 Å². The van der Waals surface area contributed by atoms with E-state index in [1.54, 1.807) is 0 Å². The highest BCUT2D eigenvalue weighted by atomic mass is 16.4. The molecule has 0 aromatic heterocycles. The molecule has 0 aliphatic heterocycles. The van der Waals surface area contributed by atoms with Gasteiger partial charge in [-0.3, -0.25) is 9.59 Å². The Kier molecular flexibility index (Phi) is 24.5. The summed E-state index contributed by atoms with van der Waals surface area (Å²) in [5, 5.41) is 15.8. The molecule has 0 spiro atoms. The molecule has 0 aliphatic carbocycles. The Morgan fingerprint density at radius 2 is 1.00 bits per heavy atom. The fraction of sp³-hybridized carbons (Fsp3) is 0.818. The summed E-state index contributed by atoms with van der Waals surface area (Å²) >= 11 is 0. The van der Waals surface area contributed by atoms with Crippen molar-refractivity contribution >= 4 is 11.9 Å². The highest BCUT2D eigenvalue weighted by Gasteiger charge is 2.00. The normalized spacial score (nSPS) is 10.5. The van der Waals surface area contributed by atoms with Crippen molar-refractivity contribution in [3.8, 4) is 0 Å². The summed E-state index contributed by atoms with van der Waals surface area (Å²) in [6.07, 6.45) is 24.0. The van der Waals surface area contributed by atoms with Gasteiger partial charge in [-0.05, 0) is 19.8 Å². The summed E-state index contributed by atoms with van der Waals surface area (Å²) < 4.78 is 0. The molecular formula is C22H42O4. The minimum atomic E-state index is -1.08. The van der Waals surface area contributed by atoms with Crippen molar-refractivity contribution in [2.75, 3.05) is 0 Å². The number of carboxylic acids is 2. The van der Waals surface area contributed by atoms with Crippen LogP contribution in [-0.2, 0) is 9.59 Å². The molecule has 0 aromatic carbocycles. The van der Waals surface area contributed by atoms with Crippen molar-refractivity contribution in [3.63, 3.8) is 0 Å². The van der Waals surface area contributed by atoms with Crippen molar-refractivity contribution < 1.29 is 19.8 Å². The van der Waals surface area contributed by atoms with Gasteiger partial charge >= 0.3 is 11.9 Å². The van der Waals surface area contributed by atoms with Crippen LogP contribution in [0.15, 0.2) is 12.2 Å². The highest BCUT2D eigenvalue weighted by Crippen LogP contribution is 2.12. The van der Waals surface area contributed by atoms with Gasteiger partial charge in [-0.15, -0.1) is 0 Å². The van der Waals surface area contributed by atoms with E-state index in [1.807, 2.05) is 0 Å². The van der Waals surface area contributed by atoms with E-state index in [2.05, 4.69) is 26.0 Å². The maximum absolute atomic E-state index is 9.64. The Morgan fingerprint density at radius 3 is 1.31 bits per heavy atom. The van der Waals surface area contributed by atoms with Gasteiger partial charge in [-0.1, -0.05) is 96.1 Å². The van der Waals surface area contributed by atoms with Gasteiger partial charge in [0.05, 0.1) is 12.8 Å². The summed E-state index contributed by atoms with van der Waals surface area (Å²) in [5.41, 5.74) is 0. The first kappa shape index (κ1) is 26.9. The zero-order valence-electron chi connectivity index (χ0n) is 17.2. The van der Waals surface area contributed by atoms with Gasteiger partial charge in [-0.25, -0.2) is 0 Å².